The van der Waals surface area contributed by atoms with Gasteiger partial charge in [-0.05, 0) is 53.6 Å². The zero-order chi connectivity index (χ0) is 21.1. The van der Waals surface area contributed by atoms with Gasteiger partial charge in [-0.1, -0.05) is 54.1 Å². The number of benzene rings is 2. The van der Waals surface area contributed by atoms with Crippen LogP contribution in [0.3, 0.4) is 0 Å². The fourth-order valence-corrected chi connectivity index (χ4v) is 3.18. The maximum absolute atomic E-state index is 12.9. The molecule has 0 aliphatic carbocycles. The number of pyridine rings is 1. The highest BCUT2D eigenvalue weighted by Gasteiger charge is 2.19. The Morgan fingerprint density at radius 3 is 2.67 bits per heavy atom. The molecule has 7 nitrogen and oxygen atoms in total. The van der Waals surface area contributed by atoms with Crippen molar-refractivity contribution in [3.63, 3.8) is 0 Å². The van der Waals surface area contributed by atoms with Crippen molar-refractivity contribution in [2.24, 2.45) is 0 Å². The van der Waals surface area contributed by atoms with Crippen molar-refractivity contribution in [2.75, 3.05) is 0 Å². The highest BCUT2D eigenvalue weighted by atomic mass is 35.5. The van der Waals surface area contributed by atoms with Gasteiger partial charge in [-0.15, -0.1) is 5.10 Å². The predicted molar refractivity (Wildman–Crippen MR) is 114 cm³/mol. The number of hydrogen-bond donors (Lipinski definition) is 0. The van der Waals surface area contributed by atoms with Crippen molar-refractivity contribution in [1.82, 2.24) is 25.2 Å². The molecule has 0 saturated carbocycles. The van der Waals surface area contributed by atoms with E-state index in [1.807, 2.05) is 61.5 Å². The summed E-state index contributed by atoms with van der Waals surface area (Å²) in [5.74, 6) is -0.107. The zero-order valence-corrected chi connectivity index (χ0v) is 17.2. The first-order valence-electron chi connectivity index (χ1n) is 9.26. The van der Waals surface area contributed by atoms with Gasteiger partial charge in [0.05, 0.1) is 5.52 Å². The number of esters is 1. The number of carbonyl (C=O) groups is 1. The zero-order valence-electron chi connectivity index (χ0n) is 16.4. The third-order valence-corrected chi connectivity index (χ3v) is 4.85. The Hall–Kier alpha value is -3.58. The molecule has 0 bridgehead atoms. The summed E-state index contributed by atoms with van der Waals surface area (Å²) in [6.07, 6.45) is 1.68. The lowest BCUT2D eigenvalue weighted by Crippen LogP contribution is -2.15. The number of ether oxygens (including phenoxy) is 1. The van der Waals surface area contributed by atoms with Gasteiger partial charge < -0.3 is 4.74 Å². The van der Waals surface area contributed by atoms with Crippen LogP contribution in [-0.2, 0) is 16.1 Å². The van der Waals surface area contributed by atoms with Crippen molar-refractivity contribution in [1.29, 1.82) is 0 Å². The summed E-state index contributed by atoms with van der Waals surface area (Å²) < 4.78 is 6.89. The average molecular weight is 420 g/mol. The third kappa shape index (κ3) is 4.21. The van der Waals surface area contributed by atoms with Crippen LogP contribution in [0.4, 0.5) is 0 Å². The Balaban J connectivity index is 1.61. The molecular formula is C22H18ClN5O2. The van der Waals surface area contributed by atoms with E-state index in [4.69, 9.17) is 16.3 Å². The van der Waals surface area contributed by atoms with Crippen LogP contribution in [0.2, 0.25) is 5.15 Å². The molecule has 0 spiro atoms. The summed E-state index contributed by atoms with van der Waals surface area (Å²) in [4.78, 5) is 17.3. The fraction of sp³-hybridized carbons (Fsp3) is 0.136. The van der Waals surface area contributed by atoms with E-state index in [2.05, 4.69) is 20.5 Å². The summed E-state index contributed by atoms with van der Waals surface area (Å²) in [6.45, 7) is 3.67. The molecule has 0 amide bonds. The van der Waals surface area contributed by atoms with Crippen LogP contribution in [0.15, 0.2) is 54.6 Å². The first-order chi connectivity index (χ1) is 14.5. The lowest BCUT2D eigenvalue weighted by Gasteiger charge is -2.11. The minimum Gasteiger partial charge on any atom is -0.456 e. The molecule has 0 radical (unpaired) electrons. The first kappa shape index (κ1) is 19.7. The van der Waals surface area contributed by atoms with Crippen LogP contribution in [0, 0.1) is 13.8 Å². The number of carbonyl (C=O) groups excluding carboxylic acids is 1. The van der Waals surface area contributed by atoms with Crippen molar-refractivity contribution in [2.45, 2.75) is 20.5 Å². The normalized spacial score (nSPS) is 11.6. The minimum absolute atomic E-state index is 0.0260. The van der Waals surface area contributed by atoms with Crippen LogP contribution >= 0.6 is 11.6 Å². The Bertz CT molecular complexity index is 1250. The Morgan fingerprint density at radius 1 is 1.13 bits per heavy atom. The number of nitrogens with zero attached hydrogens (tertiary/aromatic N) is 5. The smallest absolute Gasteiger partial charge is 0.357 e. The predicted octanol–water partition coefficient (Wildman–Crippen LogP) is 4.23. The molecule has 8 heteroatoms. The minimum atomic E-state index is -0.575. The molecule has 0 fully saturated rings. The maximum Gasteiger partial charge on any atom is 0.357 e. The van der Waals surface area contributed by atoms with Gasteiger partial charge in [0, 0.05) is 10.9 Å². The Labute approximate surface area is 178 Å². The molecule has 4 aromatic rings. The average Bonchev–Trinajstić information content (AvgIpc) is 3.16. The van der Waals surface area contributed by atoms with Crippen LogP contribution in [0.1, 0.15) is 22.5 Å². The monoisotopic (exact) mass is 419 g/mol. The summed E-state index contributed by atoms with van der Waals surface area (Å²) >= 11 is 6.32. The van der Waals surface area contributed by atoms with Gasteiger partial charge in [0.1, 0.15) is 11.8 Å². The van der Waals surface area contributed by atoms with Gasteiger partial charge in [-0.3, -0.25) is 0 Å². The Morgan fingerprint density at radius 2 is 1.93 bits per heavy atom. The van der Waals surface area contributed by atoms with Gasteiger partial charge in [0.2, 0.25) is 0 Å². The van der Waals surface area contributed by atoms with E-state index in [-0.39, 0.29) is 12.3 Å². The van der Waals surface area contributed by atoms with Crippen LogP contribution in [0.25, 0.3) is 22.7 Å². The van der Waals surface area contributed by atoms with Gasteiger partial charge >= 0.3 is 5.97 Å². The quantitative estimate of drug-likeness (QED) is 0.273. The van der Waals surface area contributed by atoms with Crippen LogP contribution in [-0.4, -0.2) is 31.2 Å². The molecule has 150 valence electrons. The number of aryl methyl sites for hydroxylation is 2. The molecule has 0 aliphatic rings. The lowest BCUT2D eigenvalue weighted by atomic mass is 10.1. The molecule has 4 rings (SSSR count). The lowest BCUT2D eigenvalue weighted by molar-refractivity contribution is -0.138. The molecule has 2 aromatic heterocycles. The number of fused-ring (bicyclic) bond motifs is 1. The second kappa shape index (κ2) is 8.42. The van der Waals surface area contributed by atoms with E-state index in [9.17, 15) is 4.79 Å². The molecule has 30 heavy (non-hydrogen) atoms. The van der Waals surface area contributed by atoms with Crippen molar-refractivity contribution in [3.8, 4) is 0 Å². The molecule has 0 N–H and O–H groups in total. The highest BCUT2D eigenvalue weighted by Crippen LogP contribution is 2.23. The molecule has 0 aliphatic heterocycles. The van der Waals surface area contributed by atoms with Crippen molar-refractivity contribution >= 4 is 40.2 Å². The van der Waals surface area contributed by atoms with E-state index in [1.165, 1.54) is 4.68 Å². The van der Waals surface area contributed by atoms with Gasteiger partial charge in [-0.25, -0.2) is 9.78 Å². The molecule has 0 saturated heterocycles. The number of rotatable bonds is 5. The van der Waals surface area contributed by atoms with Gasteiger partial charge in [0.25, 0.3) is 0 Å². The molecule has 2 heterocycles. The second-order valence-electron chi connectivity index (χ2n) is 6.79. The standard InChI is InChI=1S/C22H18ClN5O2/c1-14-8-9-17-12-18(21(23)24-19(17)10-14)13-30-22(29)20(28-15(2)25-26-27-28)11-16-6-4-3-5-7-16/h3-12H,13H2,1-2H3/b20-11-. The third-order valence-electron chi connectivity index (χ3n) is 4.52. The number of aromatic nitrogens is 5. The Kier molecular flexibility index (Phi) is 5.54. The fourth-order valence-electron chi connectivity index (χ4n) is 2.98. The summed E-state index contributed by atoms with van der Waals surface area (Å²) in [6, 6.07) is 17.2. The van der Waals surface area contributed by atoms with Gasteiger partial charge in [-0.2, -0.15) is 4.68 Å². The second-order valence-corrected chi connectivity index (χ2v) is 7.15. The number of tetrazole rings is 1. The van der Waals surface area contributed by atoms with Crippen LogP contribution in [0.5, 0.6) is 0 Å². The largest absolute Gasteiger partial charge is 0.456 e. The van der Waals surface area contributed by atoms with Gasteiger partial charge in [0.15, 0.2) is 11.5 Å². The van der Waals surface area contributed by atoms with Crippen molar-refractivity contribution < 1.29 is 9.53 Å². The van der Waals surface area contributed by atoms with E-state index in [1.54, 1.807) is 13.0 Å². The van der Waals surface area contributed by atoms with E-state index >= 15 is 0 Å². The molecule has 0 atom stereocenters. The van der Waals surface area contributed by atoms with E-state index in [0.717, 1.165) is 22.0 Å². The van der Waals surface area contributed by atoms with E-state index in [0.29, 0.717) is 16.5 Å². The molecular weight excluding hydrogens is 402 g/mol. The number of halogens is 1. The maximum atomic E-state index is 12.9. The summed E-state index contributed by atoms with van der Waals surface area (Å²) in [5.41, 5.74) is 3.53. The van der Waals surface area contributed by atoms with E-state index < -0.39 is 5.97 Å². The van der Waals surface area contributed by atoms with Crippen LogP contribution < -0.4 is 0 Å². The topological polar surface area (TPSA) is 82.8 Å². The molecule has 0 unspecified atom stereocenters. The summed E-state index contributed by atoms with van der Waals surface area (Å²) in [5, 5.41) is 12.6. The van der Waals surface area contributed by atoms with Crippen molar-refractivity contribution in [3.05, 3.63) is 82.3 Å². The number of hydrogen-bond acceptors (Lipinski definition) is 6. The highest BCUT2D eigenvalue weighted by molar-refractivity contribution is 6.30. The SMILES string of the molecule is Cc1ccc2cc(COC(=O)/C(=C/c3ccccc3)n3nnnc3C)c(Cl)nc2c1. The summed E-state index contributed by atoms with van der Waals surface area (Å²) in [7, 11) is 0. The molecule has 2 aromatic carbocycles. The first-order valence-corrected chi connectivity index (χ1v) is 9.64.